The predicted molar refractivity (Wildman–Crippen MR) is 60.5 cm³/mol. The van der Waals surface area contributed by atoms with Gasteiger partial charge in [-0.3, -0.25) is 4.79 Å². The number of nitrogens with zero attached hydrogens (tertiary/aromatic N) is 1. The van der Waals surface area contributed by atoms with Crippen LogP contribution < -0.4 is 0 Å². The zero-order chi connectivity index (χ0) is 13.0. The lowest BCUT2D eigenvalue weighted by atomic mass is 10.1. The van der Waals surface area contributed by atoms with Crippen LogP contribution in [0.2, 0.25) is 0 Å². The van der Waals surface area contributed by atoms with Crippen LogP contribution in [0, 0.1) is 17.3 Å². The van der Waals surface area contributed by atoms with E-state index in [1.54, 1.807) is 4.90 Å². The molecule has 2 aliphatic rings. The second-order valence-electron chi connectivity index (χ2n) is 6.29. The zero-order valence-electron chi connectivity index (χ0n) is 10.7. The van der Waals surface area contributed by atoms with E-state index in [4.69, 9.17) is 9.84 Å². The van der Waals surface area contributed by atoms with Gasteiger partial charge in [0.25, 0.3) is 0 Å². The number of hydrogen-bond donors (Lipinski definition) is 1. The summed E-state index contributed by atoms with van der Waals surface area (Å²) in [5.41, 5.74) is -0.750. The summed E-state index contributed by atoms with van der Waals surface area (Å²) in [6.07, 6.45) is -0.338. The maximum atomic E-state index is 11.8. The lowest BCUT2D eigenvalue weighted by Crippen LogP contribution is -2.38. The molecule has 0 aromatic rings. The van der Waals surface area contributed by atoms with Crippen molar-refractivity contribution in [2.45, 2.75) is 33.3 Å². The number of carbonyl (C=O) groups excluding carboxylic acids is 1. The molecule has 1 aliphatic carbocycles. The van der Waals surface area contributed by atoms with Crippen molar-refractivity contribution in [1.82, 2.24) is 4.90 Å². The Balaban J connectivity index is 1.94. The highest BCUT2D eigenvalue weighted by molar-refractivity contribution is 5.78. The third-order valence-electron chi connectivity index (χ3n) is 3.72. The molecule has 1 N–H and O–H groups in total. The number of amides is 1. The molecular weight excluding hydrogens is 222 g/mol. The molecular formula is C12H19NO4. The van der Waals surface area contributed by atoms with E-state index in [1.807, 2.05) is 27.7 Å². The maximum absolute atomic E-state index is 11.8. The summed E-state index contributed by atoms with van der Waals surface area (Å²) in [6.45, 7) is 8.39. The van der Waals surface area contributed by atoms with E-state index in [0.717, 1.165) is 0 Å². The van der Waals surface area contributed by atoms with Crippen LogP contribution in [0.15, 0.2) is 0 Å². The molecule has 1 saturated heterocycles. The number of carboxylic acids is 1. The van der Waals surface area contributed by atoms with Crippen LogP contribution in [0.25, 0.3) is 0 Å². The minimum atomic E-state index is -0.749. The minimum Gasteiger partial charge on any atom is -0.481 e. The standard InChI is InChI=1S/C12H19NO4/c1-11(2,3)17-10(16)13-5-7-8(9(14)15)12(7,4)6-13/h7-8H,5-6H2,1-4H3,(H,14,15)/t7-,8+,12-/m0/s1. The summed E-state index contributed by atoms with van der Waals surface area (Å²) < 4.78 is 5.27. The van der Waals surface area contributed by atoms with Crippen LogP contribution in [0.5, 0.6) is 0 Å². The topological polar surface area (TPSA) is 66.8 Å². The Kier molecular flexibility index (Phi) is 2.42. The molecule has 2 fully saturated rings. The van der Waals surface area contributed by atoms with Crippen molar-refractivity contribution < 1.29 is 19.4 Å². The monoisotopic (exact) mass is 241 g/mol. The van der Waals surface area contributed by atoms with Crippen LogP contribution >= 0.6 is 0 Å². The molecule has 0 aromatic carbocycles. The molecule has 96 valence electrons. The van der Waals surface area contributed by atoms with Gasteiger partial charge in [0.15, 0.2) is 0 Å². The molecule has 0 bridgehead atoms. The molecule has 0 aromatic heterocycles. The first-order valence-corrected chi connectivity index (χ1v) is 5.86. The molecule has 0 spiro atoms. The Morgan fingerprint density at radius 3 is 2.35 bits per heavy atom. The van der Waals surface area contributed by atoms with Crippen molar-refractivity contribution in [2.24, 2.45) is 17.3 Å². The Morgan fingerprint density at radius 1 is 1.41 bits per heavy atom. The van der Waals surface area contributed by atoms with Gasteiger partial charge in [-0.1, -0.05) is 6.92 Å². The molecule has 1 heterocycles. The average molecular weight is 241 g/mol. The van der Waals surface area contributed by atoms with Gasteiger partial charge in [0.05, 0.1) is 5.92 Å². The molecule has 1 amide bonds. The van der Waals surface area contributed by atoms with Gasteiger partial charge in [-0.15, -0.1) is 0 Å². The Morgan fingerprint density at radius 2 is 2.00 bits per heavy atom. The largest absolute Gasteiger partial charge is 0.481 e. The molecule has 0 unspecified atom stereocenters. The molecule has 5 heteroatoms. The molecule has 3 atom stereocenters. The third kappa shape index (κ3) is 1.98. The number of aliphatic carboxylic acids is 1. The number of carboxylic acid groups (broad SMARTS) is 1. The summed E-state index contributed by atoms with van der Waals surface area (Å²) in [5, 5.41) is 9.00. The summed E-state index contributed by atoms with van der Waals surface area (Å²) >= 11 is 0. The molecule has 17 heavy (non-hydrogen) atoms. The Bertz CT molecular complexity index is 373. The number of carbonyl (C=O) groups is 2. The van der Waals surface area contributed by atoms with E-state index in [1.165, 1.54) is 0 Å². The second kappa shape index (κ2) is 3.37. The fourth-order valence-electron chi connectivity index (χ4n) is 2.82. The van der Waals surface area contributed by atoms with Gasteiger partial charge in [-0.2, -0.15) is 0 Å². The number of fused-ring (bicyclic) bond motifs is 1. The summed E-state index contributed by atoms with van der Waals surface area (Å²) in [5.74, 6) is -0.949. The van der Waals surface area contributed by atoms with E-state index in [-0.39, 0.29) is 23.3 Å². The fourth-order valence-corrected chi connectivity index (χ4v) is 2.82. The van der Waals surface area contributed by atoms with E-state index >= 15 is 0 Å². The van der Waals surface area contributed by atoms with Gasteiger partial charge in [-0.25, -0.2) is 4.79 Å². The highest BCUT2D eigenvalue weighted by Gasteiger charge is 2.70. The van der Waals surface area contributed by atoms with Gasteiger partial charge in [0.1, 0.15) is 5.60 Å². The smallest absolute Gasteiger partial charge is 0.410 e. The van der Waals surface area contributed by atoms with Gasteiger partial charge >= 0.3 is 12.1 Å². The van der Waals surface area contributed by atoms with Crippen molar-refractivity contribution in [3.05, 3.63) is 0 Å². The number of rotatable bonds is 1. The summed E-state index contributed by atoms with van der Waals surface area (Å²) in [6, 6.07) is 0. The van der Waals surface area contributed by atoms with E-state index in [0.29, 0.717) is 13.1 Å². The first-order valence-electron chi connectivity index (χ1n) is 5.86. The Hall–Kier alpha value is -1.26. The van der Waals surface area contributed by atoms with E-state index in [9.17, 15) is 9.59 Å². The van der Waals surface area contributed by atoms with Crippen molar-refractivity contribution in [3.8, 4) is 0 Å². The Labute approximate surface area is 101 Å². The molecule has 2 rings (SSSR count). The number of hydrogen-bond acceptors (Lipinski definition) is 3. The van der Waals surface area contributed by atoms with Crippen LogP contribution in [0.1, 0.15) is 27.7 Å². The van der Waals surface area contributed by atoms with Crippen LogP contribution in [0.4, 0.5) is 4.79 Å². The summed E-state index contributed by atoms with van der Waals surface area (Å²) in [4.78, 5) is 24.4. The van der Waals surface area contributed by atoms with Crippen molar-refractivity contribution in [2.75, 3.05) is 13.1 Å². The van der Waals surface area contributed by atoms with Crippen molar-refractivity contribution in [3.63, 3.8) is 0 Å². The van der Waals surface area contributed by atoms with Crippen molar-refractivity contribution >= 4 is 12.1 Å². The lowest BCUT2D eigenvalue weighted by molar-refractivity contribution is -0.140. The average Bonchev–Trinajstić information content (AvgIpc) is 2.52. The lowest BCUT2D eigenvalue weighted by Gasteiger charge is -2.26. The van der Waals surface area contributed by atoms with Crippen LogP contribution in [-0.2, 0) is 9.53 Å². The van der Waals surface area contributed by atoms with Gasteiger partial charge in [-0.05, 0) is 26.7 Å². The van der Waals surface area contributed by atoms with Crippen LogP contribution in [-0.4, -0.2) is 40.8 Å². The van der Waals surface area contributed by atoms with E-state index < -0.39 is 11.6 Å². The summed E-state index contributed by atoms with van der Waals surface area (Å²) in [7, 11) is 0. The number of piperidine rings is 1. The molecule has 1 aliphatic heterocycles. The van der Waals surface area contributed by atoms with Gasteiger partial charge < -0.3 is 14.7 Å². The predicted octanol–water partition coefficient (Wildman–Crippen LogP) is 1.57. The second-order valence-corrected chi connectivity index (χ2v) is 6.29. The first kappa shape index (κ1) is 12.2. The van der Waals surface area contributed by atoms with E-state index in [2.05, 4.69) is 0 Å². The normalized spacial score (nSPS) is 35.4. The highest BCUT2D eigenvalue weighted by Crippen LogP contribution is 2.63. The zero-order valence-corrected chi connectivity index (χ0v) is 10.7. The van der Waals surface area contributed by atoms with Gasteiger partial charge in [0.2, 0.25) is 0 Å². The molecule has 1 saturated carbocycles. The van der Waals surface area contributed by atoms with Crippen LogP contribution in [0.3, 0.4) is 0 Å². The van der Waals surface area contributed by atoms with Gasteiger partial charge in [0, 0.05) is 18.5 Å². The molecule has 5 nitrogen and oxygen atoms in total. The third-order valence-corrected chi connectivity index (χ3v) is 3.72. The maximum Gasteiger partial charge on any atom is 0.410 e. The SMILES string of the molecule is CC(C)(C)OC(=O)N1C[C@H]2[C@H](C(=O)O)[C@@]2(C)C1. The fraction of sp³-hybridized carbons (Fsp3) is 0.833. The minimum absolute atomic E-state index is 0.0903. The number of likely N-dealkylation sites (tertiary alicyclic amines) is 1. The molecule has 0 radical (unpaired) electrons. The first-order chi connectivity index (χ1) is 7.65. The number of ether oxygens (including phenoxy) is 1. The van der Waals surface area contributed by atoms with Crippen molar-refractivity contribution in [1.29, 1.82) is 0 Å². The quantitative estimate of drug-likeness (QED) is 0.756. The highest BCUT2D eigenvalue weighted by atomic mass is 16.6.